The van der Waals surface area contributed by atoms with Gasteiger partial charge in [-0.05, 0) is 37.6 Å². The van der Waals surface area contributed by atoms with Crippen molar-refractivity contribution in [2.45, 2.75) is 38.1 Å². The highest BCUT2D eigenvalue weighted by atomic mass is 35.5. The summed E-state index contributed by atoms with van der Waals surface area (Å²) >= 11 is 5.97. The number of alkyl halides is 2. The molecule has 2 unspecified atom stereocenters. The molecule has 0 saturated carbocycles. The number of ether oxygens (including phenoxy) is 2. The summed E-state index contributed by atoms with van der Waals surface area (Å²) in [5, 5.41) is 6.78. The minimum Gasteiger partial charge on any atom is -0.434 e. The molecule has 2 aliphatic heterocycles. The number of hydrogen-bond acceptors (Lipinski definition) is 4. The second-order valence-electron chi connectivity index (χ2n) is 6.68. The molecule has 2 saturated heterocycles. The van der Waals surface area contributed by atoms with E-state index in [1.165, 1.54) is 25.0 Å². The summed E-state index contributed by atoms with van der Waals surface area (Å²) in [7, 11) is 1.65. The highest BCUT2D eigenvalue weighted by Crippen LogP contribution is 2.24. The van der Waals surface area contributed by atoms with Gasteiger partial charge in [0.1, 0.15) is 5.75 Å². The molecule has 2 fully saturated rings. The molecule has 0 amide bonds. The van der Waals surface area contributed by atoms with E-state index in [-0.39, 0.29) is 18.4 Å². The van der Waals surface area contributed by atoms with E-state index in [4.69, 9.17) is 16.3 Å². The lowest BCUT2D eigenvalue weighted by molar-refractivity contribution is -0.0504. The second-order valence-corrected chi connectivity index (χ2v) is 7.12. The summed E-state index contributed by atoms with van der Waals surface area (Å²) in [5.41, 5.74) is 0.527. The van der Waals surface area contributed by atoms with Crippen molar-refractivity contribution in [2.75, 3.05) is 33.3 Å². The highest BCUT2D eigenvalue weighted by molar-refractivity contribution is 6.30. The number of morpholine rings is 1. The molecule has 9 heteroatoms. The molecule has 0 bridgehead atoms. The van der Waals surface area contributed by atoms with Crippen LogP contribution in [-0.2, 0) is 11.3 Å². The molecule has 2 atom stereocenters. The third kappa shape index (κ3) is 5.67. The molecule has 27 heavy (non-hydrogen) atoms. The predicted octanol–water partition coefficient (Wildman–Crippen LogP) is 2.47. The number of rotatable bonds is 6. The molecule has 2 aliphatic rings. The number of nitrogens with zero attached hydrogens (tertiary/aromatic N) is 2. The van der Waals surface area contributed by atoms with E-state index in [9.17, 15) is 8.78 Å². The van der Waals surface area contributed by atoms with Crippen molar-refractivity contribution >= 4 is 17.6 Å². The Balaban J connectivity index is 1.50. The maximum absolute atomic E-state index is 12.6. The quantitative estimate of drug-likeness (QED) is 0.565. The van der Waals surface area contributed by atoms with Crippen LogP contribution in [0.2, 0.25) is 5.02 Å². The van der Waals surface area contributed by atoms with Crippen LogP contribution in [0, 0.1) is 0 Å². The van der Waals surface area contributed by atoms with Crippen LogP contribution in [0.25, 0.3) is 0 Å². The molecule has 0 aliphatic carbocycles. The summed E-state index contributed by atoms with van der Waals surface area (Å²) < 4.78 is 35.6. The van der Waals surface area contributed by atoms with Gasteiger partial charge in [0.25, 0.3) is 0 Å². The standard InChI is InChI=1S/C18H25ClF2N4O2/c1-22-18(24-9-15-10-25-6-2-3-14(25)11-26-15)23-8-12-7-13(19)4-5-16(12)27-17(20)21/h4-5,7,14-15,17H,2-3,6,8-11H2,1H3,(H2,22,23,24). The van der Waals surface area contributed by atoms with Gasteiger partial charge in [-0.2, -0.15) is 8.78 Å². The Morgan fingerprint density at radius 3 is 3.07 bits per heavy atom. The lowest BCUT2D eigenvalue weighted by atomic mass is 10.2. The van der Waals surface area contributed by atoms with E-state index < -0.39 is 6.61 Å². The van der Waals surface area contributed by atoms with E-state index in [1.807, 2.05) is 0 Å². The molecule has 0 aromatic heterocycles. The minimum absolute atomic E-state index is 0.0908. The number of benzene rings is 1. The third-order valence-corrected chi connectivity index (χ3v) is 5.10. The Kier molecular flexibility index (Phi) is 7.09. The molecule has 6 nitrogen and oxygen atoms in total. The fraction of sp³-hybridized carbons (Fsp3) is 0.611. The molecule has 2 heterocycles. The largest absolute Gasteiger partial charge is 0.434 e. The average molecular weight is 403 g/mol. The Morgan fingerprint density at radius 2 is 2.30 bits per heavy atom. The fourth-order valence-electron chi connectivity index (χ4n) is 3.52. The molecule has 0 radical (unpaired) electrons. The van der Waals surface area contributed by atoms with Crippen molar-refractivity contribution in [3.63, 3.8) is 0 Å². The zero-order chi connectivity index (χ0) is 19.2. The SMILES string of the molecule is CN=C(NCc1cc(Cl)ccc1OC(F)F)NCC1CN2CCCC2CO1. The van der Waals surface area contributed by atoms with E-state index in [0.717, 1.165) is 19.7 Å². The van der Waals surface area contributed by atoms with E-state index >= 15 is 0 Å². The zero-order valence-electron chi connectivity index (χ0n) is 15.3. The van der Waals surface area contributed by atoms with Gasteiger partial charge >= 0.3 is 6.61 Å². The van der Waals surface area contributed by atoms with Gasteiger partial charge in [-0.25, -0.2) is 0 Å². The molecule has 1 aromatic carbocycles. The molecular weight excluding hydrogens is 378 g/mol. The monoisotopic (exact) mass is 402 g/mol. The average Bonchev–Trinajstić information content (AvgIpc) is 3.11. The maximum atomic E-state index is 12.6. The number of nitrogens with one attached hydrogen (secondary N) is 2. The smallest absolute Gasteiger partial charge is 0.387 e. The van der Waals surface area contributed by atoms with Gasteiger partial charge < -0.3 is 20.1 Å². The molecule has 150 valence electrons. The first-order chi connectivity index (χ1) is 13.0. The number of aliphatic imine (C=N–C) groups is 1. The van der Waals surface area contributed by atoms with Gasteiger partial charge in [-0.15, -0.1) is 0 Å². The zero-order valence-corrected chi connectivity index (χ0v) is 16.0. The van der Waals surface area contributed by atoms with E-state index in [1.54, 1.807) is 13.1 Å². The Hall–Kier alpha value is -1.64. The molecule has 2 N–H and O–H groups in total. The van der Waals surface area contributed by atoms with Gasteiger partial charge in [-0.3, -0.25) is 9.89 Å². The first-order valence-electron chi connectivity index (χ1n) is 9.08. The molecular formula is C18H25ClF2N4O2. The van der Waals surface area contributed by atoms with E-state index in [0.29, 0.717) is 29.1 Å². The van der Waals surface area contributed by atoms with Gasteiger partial charge in [0.05, 0.1) is 12.7 Å². The number of hydrogen-bond donors (Lipinski definition) is 2. The van der Waals surface area contributed by atoms with Crippen LogP contribution in [0.5, 0.6) is 5.75 Å². The van der Waals surface area contributed by atoms with Crippen LogP contribution >= 0.6 is 11.6 Å². The van der Waals surface area contributed by atoms with Gasteiger partial charge in [0.15, 0.2) is 5.96 Å². The Morgan fingerprint density at radius 1 is 1.44 bits per heavy atom. The second kappa shape index (κ2) is 9.52. The number of fused-ring (bicyclic) bond motifs is 1. The van der Waals surface area contributed by atoms with Crippen LogP contribution < -0.4 is 15.4 Å². The maximum Gasteiger partial charge on any atom is 0.387 e. The Labute approximate surface area is 162 Å². The van der Waals surface area contributed by atoms with Gasteiger partial charge in [-0.1, -0.05) is 11.6 Å². The van der Waals surface area contributed by atoms with Gasteiger partial charge in [0.2, 0.25) is 0 Å². The van der Waals surface area contributed by atoms with Crippen molar-refractivity contribution < 1.29 is 18.3 Å². The van der Waals surface area contributed by atoms with Crippen molar-refractivity contribution in [3.05, 3.63) is 28.8 Å². The van der Waals surface area contributed by atoms with Crippen LogP contribution in [-0.4, -0.2) is 62.9 Å². The van der Waals surface area contributed by atoms with Crippen molar-refractivity contribution in [2.24, 2.45) is 4.99 Å². The lowest BCUT2D eigenvalue weighted by Gasteiger charge is -2.35. The highest BCUT2D eigenvalue weighted by Gasteiger charge is 2.32. The molecule has 3 rings (SSSR count). The molecule has 0 spiro atoms. The lowest BCUT2D eigenvalue weighted by Crippen LogP contribution is -2.51. The third-order valence-electron chi connectivity index (χ3n) is 4.87. The first kappa shape index (κ1) is 20.1. The van der Waals surface area contributed by atoms with E-state index in [2.05, 4.69) is 25.3 Å². The first-order valence-corrected chi connectivity index (χ1v) is 9.46. The predicted molar refractivity (Wildman–Crippen MR) is 101 cm³/mol. The van der Waals surface area contributed by atoms with Crippen LogP contribution in [0.3, 0.4) is 0 Å². The normalized spacial score (nSPS) is 23.4. The Bertz CT molecular complexity index is 662. The summed E-state index contributed by atoms with van der Waals surface area (Å²) in [6, 6.07) is 5.11. The van der Waals surface area contributed by atoms with Crippen molar-refractivity contribution in [3.8, 4) is 5.75 Å². The van der Waals surface area contributed by atoms with Gasteiger partial charge in [0, 0.05) is 43.3 Å². The summed E-state index contributed by atoms with van der Waals surface area (Å²) in [5.74, 6) is 0.651. The summed E-state index contributed by atoms with van der Waals surface area (Å²) in [6.07, 6.45) is 2.55. The molecule has 1 aromatic rings. The van der Waals surface area contributed by atoms with Crippen LogP contribution in [0.4, 0.5) is 8.78 Å². The van der Waals surface area contributed by atoms with Crippen molar-refractivity contribution in [1.29, 1.82) is 0 Å². The van der Waals surface area contributed by atoms with Crippen molar-refractivity contribution in [1.82, 2.24) is 15.5 Å². The summed E-state index contributed by atoms with van der Waals surface area (Å²) in [6.45, 7) is 0.810. The summed E-state index contributed by atoms with van der Waals surface area (Å²) in [4.78, 5) is 6.65. The number of halogens is 3. The van der Waals surface area contributed by atoms with Crippen LogP contribution in [0.1, 0.15) is 18.4 Å². The topological polar surface area (TPSA) is 58.1 Å². The number of guanidine groups is 1. The van der Waals surface area contributed by atoms with Crippen LogP contribution in [0.15, 0.2) is 23.2 Å². The fourth-order valence-corrected chi connectivity index (χ4v) is 3.71. The minimum atomic E-state index is -2.89.